The van der Waals surface area contributed by atoms with Crippen LogP contribution >= 0.6 is 0 Å². The number of hydrogen-bond donors (Lipinski definition) is 3. The molecule has 0 aromatic carbocycles. The maximum atomic E-state index is 9.96. The third-order valence-electron chi connectivity index (χ3n) is 4.71. The van der Waals surface area contributed by atoms with Crippen LogP contribution in [0.1, 0.15) is 71.1 Å². The van der Waals surface area contributed by atoms with Crippen molar-refractivity contribution in [3.63, 3.8) is 0 Å². The molecule has 1 rings (SSSR count). The number of rotatable bonds is 14. The van der Waals surface area contributed by atoms with Crippen LogP contribution in [0.5, 0.6) is 0 Å². The van der Waals surface area contributed by atoms with Gasteiger partial charge in [-0.15, -0.1) is 0 Å². The number of unbranched alkanes of at least 4 members (excludes halogenated alkanes) is 8. The second kappa shape index (κ2) is 14.7. The first kappa shape index (κ1) is 22.6. The summed E-state index contributed by atoms with van der Waals surface area (Å²) in [5.74, 6) is 0. The number of hydrogen-bond acceptors (Lipinski definition) is 5. The minimum absolute atomic E-state index is 0.0423. The monoisotopic (exact) mass is 358 g/mol. The number of aliphatic hydroxyl groups excluding tert-OH is 3. The lowest BCUT2D eigenvalue weighted by Gasteiger charge is -2.37. The Bertz CT molecular complexity index is 332. The zero-order valence-corrected chi connectivity index (χ0v) is 15.8. The SMILES string of the molecule is CCC/C=C/CCCCCCCCCO[C@@H]1[C@@H](O)[C@H](O)CO[C@H]1CO. The van der Waals surface area contributed by atoms with Crippen LogP contribution in [0.3, 0.4) is 0 Å². The lowest BCUT2D eigenvalue weighted by Crippen LogP contribution is -2.55. The molecule has 3 N–H and O–H groups in total. The van der Waals surface area contributed by atoms with Crippen LogP contribution in [-0.2, 0) is 9.47 Å². The fraction of sp³-hybridized carbons (Fsp3) is 0.900. The maximum Gasteiger partial charge on any atom is 0.114 e. The summed E-state index contributed by atoms with van der Waals surface area (Å²) in [5, 5.41) is 28.9. The van der Waals surface area contributed by atoms with Gasteiger partial charge in [0, 0.05) is 6.61 Å². The van der Waals surface area contributed by atoms with Crippen molar-refractivity contribution in [2.75, 3.05) is 19.8 Å². The molecule has 0 aromatic rings. The van der Waals surface area contributed by atoms with Crippen molar-refractivity contribution in [1.82, 2.24) is 0 Å². The van der Waals surface area contributed by atoms with Gasteiger partial charge in [0.1, 0.15) is 24.4 Å². The number of aliphatic hydroxyl groups is 3. The molecule has 0 radical (unpaired) electrons. The normalized spacial score (nSPS) is 27.2. The lowest BCUT2D eigenvalue weighted by atomic mass is 10.0. The Hall–Kier alpha value is -0.460. The van der Waals surface area contributed by atoms with Crippen molar-refractivity contribution in [3.05, 3.63) is 12.2 Å². The van der Waals surface area contributed by atoms with Crippen molar-refractivity contribution in [3.8, 4) is 0 Å². The number of allylic oxidation sites excluding steroid dienone is 2. The minimum Gasteiger partial charge on any atom is -0.394 e. The first-order chi connectivity index (χ1) is 12.2. The van der Waals surface area contributed by atoms with Crippen LogP contribution < -0.4 is 0 Å². The van der Waals surface area contributed by atoms with Crippen molar-refractivity contribution >= 4 is 0 Å². The van der Waals surface area contributed by atoms with Crippen molar-refractivity contribution in [1.29, 1.82) is 0 Å². The third-order valence-corrected chi connectivity index (χ3v) is 4.71. The summed E-state index contributed by atoms with van der Waals surface area (Å²) in [7, 11) is 0. The van der Waals surface area contributed by atoms with E-state index < -0.39 is 24.4 Å². The molecule has 1 saturated heterocycles. The first-order valence-corrected chi connectivity index (χ1v) is 10.1. The highest BCUT2D eigenvalue weighted by Gasteiger charge is 2.39. The van der Waals surface area contributed by atoms with E-state index in [1.807, 2.05) is 0 Å². The highest BCUT2D eigenvalue weighted by molar-refractivity contribution is 4.87. The Morgan fingerprint density at radius 1 is 0.960 bits per heavy atom. The Kier molecular flexibility index (Phi) is 13.3. The highest BCUT2D eigenvalue weighted by atomic mass is 16.6. The van der Waals surface area contributed by atoms with Crippen LogP contribution in [0, 0.1) is 0 Å². The van der Waals surface area contributed by atoms with E-state index in [4.69, 9.17) is 9.47 Å². The van der Waals surface area contributed by atoms with Gasteiger partial charge in [0.15, 0.2) is 0 Å². The maximum absolute atomic E-state index is 9.96. The topological polar surface area (TPSA) is 79.2 Å². The molecule has 1 fully saturated rings. The zero-order valence-electron chi connectivity index (χ0n) is 15.8. The summed E-state index contributed by atoms with van der Waals surface area (Å²) < 4.78 is 11.0. The molecular formula is C20H38O5. The summed E-state index contributed by atoms with van der Waals surface area (Å²) in [6, 6.07) is 0. The van der Waals surface area contributed by atoms with Gasteiger partial charge < -0.3 is 24.8 Å². The molecule has 4 atom stereocenters. The molecule has 0 aliphatic carbocycles. The van der Waals surface area contributed by atoms with Gasteiger partial charge in [-0.2, -0.15) is 0 Å². The van der Waals surface area contributed by atoms with Crippen LogP contribution in [0.25, 0.3) is 0 Å². The molecule has 0 spiro atoms. The molecule has 0 bridgehead atoms. The van der Waals surface area contributed by atoms with Crippen LogP contribution in [0.4, 0.5) is 0 Å². The fourth-order valence-corrected chi connectivity index (χ4v) is 3.09. The summed E-state index contributed by atoms with van der Waals surface area (Å²) in [6.07, 6.45) is 13.5. The van der Waals surface area contributed by atoms with Gasteiger partial charge in [-0.05, 0) is 25.7 Å². The van der Waals surface area contributed by atoms with E-state index in [0.717, 1.165) is 12.8 Å². The Morgan fingerprint density at radius 3 is 2.28 bits per heavy atom. The molecule has 5 nitrogen and oxygen atoms in total. The molecule has 25 heavy (non-hydrogen) atoms. The average molecular weight is 359 g/mol. The average Bonchev–Trinajstić information content (AvgIpc) is 2.62. The quantitative estimate of drug-likeness (QED) is 0.329. The van der Waals surface area contributed by atoms with E-state index in [0.29, 0.717) is 6.61 Å². The van der Waals surface area contributed by atoms with Gasteiger partial charge >= 0.3 is 0 Å². The van der Waals surface area contributed by atoms with Gasteiger partial charge in [-0.1, -0.05) is 57.6 Å². The van der Waals surface area contributed by atoms with Crippen LogP contribution in [0.2, 0.25) is 0 Å². The largest absolute Gasteiger partial charge is 0.394 e. The predicted molar refractivity (Wildman–Crippen MR) is 99.6 cm³/mol. The summed E-state index contributed by atoms with van der Waals surface area (Å²) in [4.78, 5) is 0. The summed E-state index contributed by atoms with van der Waals surface area (Å²) in [5.41, 5.74) is 0. The van der Waals surface area contributed by atoms with Crippen molar-refractivity contribution in [2.45, 2.75) is 95.5 Å². The standard InChI is InChI=1S/C20H38O5/c1-2-3-4-5-6-7-8-9-10-11-12-13-14-24-20-18(15-21)25-16-17(22)19(20)23/h4-5,17-23H,2-3,6-16H2,1H3/b5-4+/t17-,18+,19+,20+/m1/s1. The van der Waals surface area contributed by atoms with E-state index in [1.165, 1.54) is 51.4 Å². The third kappa shape index (κ3) is 9.71. The first-order valence-electron chi connectivity index (χ1n) is 10.1. The van der Waals surface area contributed by atoms with Gasteiger partial charge in [-0.25, -0.2) is 0 Å². The molecule has 1 aliphatic rings. The summed E-state index contributed by atoms with van der Waals surface area (Å²) >= 11 is 0. The van der Waals surface area contributed by atoms with Crippen molar-refractivity contribution < 1.29 is 24.8 Å². The Labute approximate surface area is 153 Å². The summed E-state index contributed by atoms with van der Waals surface area (Å²) in [6.45, 7) is 2.56. The van der Waals surface area contributed by atoms with E-state index in [1.54, 1.807) is 0 Å². The van der Waals surface area contributed by atoms with Gasteiger partial charge in [-0.3, -0.25) is 0 Å². The van der Waals surface area contributed by atoms with Crippen LogP contribution in [-0.4, -0.2) is 59.6 Å². The zero-order chi connectivity index (χ0) is 18.3. The molecule has 0 aromatic heterocycles. The molecular weight excluding hydrogens is 320 g/mol. The molecule has 0 amide bonds. The molecule has 5 heteroatoms. The molecule has 148 valence electrons. The van der Waals surface area contributed by atoms with Gasteiger partial charge in [0.2, 0.25) is 0 Å². The van der Waals surface area contributed by atoms with E-state index in [-0.39, 0.29) is 13.2 Å². The number of ether oxygens (including phenoxy) is 2. The highest BCUT2D eigenvalue weighted by Crippen LogP contribution is 2.19. The lowest BCUT2D eigenvalue weighted by molar-refractivity contribution is -0.211. The van der Waals surface area contributed by atoms with E-state index in [2.05, 4.69) is 19.1 Å². The fourth-order valence-electron chi connectivity index (χ4n) is 3.09. The van der Waals surface area contributed by atoms with E-state index in [9.17, 15) is 15.3 Å². The second-order valence-corrected chi connectivity index (χ2v) is 6.97. The predicted octanol–water partition coefficient (Wildman–Crippen LogP) is 2.96. The molecule has 1 heterocycles. The van der Waals surface area contributed by atoms with Crippen molar-refractivity contribution in [2.24, 2.45) is 0 Å². The van der Waals surface area contributed by atoms with Gasteiger partial charge in [0.25, 0.3) is 0 Å². The Morgan fingerprint density at radius 2 is 1.60 bits per heavy atom. The van der Waals surface area contributed by atoms with Gasteiger partial charge in [0.05, 0.1) is 13.2 Å². The smallest absolute Gasteiger partial charge is 0.114 e. The van der Waals surface area contributed by atoms with E-state index >= 15 is 0 Å². The second-order valence-electron chi connectivity index (χ2n) is 6.97. The minimum atomic E-state index is -0.989. The molecule has 1 aliphatic heterocycles. The molecule has 0 saturated carbocycles. The van der Waals surface area contributed by atoms with Crippen LogP contribution in [0.15, 0.2) is 12.2 Å². The molecule has 0 unspecified atom stereocenters. The Balaban J connectivity index is 1.95.